The van der Waals surface area contributed by atoms with E-state index in [9.17, 15) is 0 Å². The van der Waals surface area contributed by atoms with E-state index in [-0.39, 0.29) is 11.9 Å². The minimum atomic E-state index is 0.197. The van der Waals surface area contributed by atoms with E-state index in [1.165, 1.54) is 36.4 Å². The van der Waals surface area contributed by atoms with Crippen LogP contribution in [0.5, 0.6) is 5.75 Å². The van der Waals surface area contributed by atoms with Gasteiger partial charge in [-0.25, -0.2) is 9.98 Å². The summed E-state index contributed by atoms with van der Waals surface area (Å²) in [4.78, 5) is 13.3. The molecule has 0 bridgehead atoms. The van der Waals surface area contributed by atoms with Gasteiger partial charge in [-0.05, 0) is 85.2 Å². The fourth-order valence-corrected chi connectivity index (χ4v) is 5.78. The third kappa shape index (κ3) is 5.66. The topological polar surface area (TPSA) is 78.5 Å². The first-order valence-corrected chi connectivity index (χ1v) is 13.3. The Morgan fingerprint density at radius 1 is 1.21 bits per heavy atom. The van der Waals surface area contributed by atoms with Crippen molar-refractivity contribution in [3.63, 3.8) is 0 Å². The van der Waals surface area contributed by atoms with Crippen molar-refractivity contribution in [1.82, 2.24) is 19.8 Å². The monoisotopic (exact) mass is 482 g/mol. The highest BCUT2D eigenvalue weighted by atomic mass is 32.2. The van der Waals surface area contributed by atoms with Crippen molar-refractivity contribution in [2.24, 2.45) is 4.99 Å². The van der Waals surface area contributed by atoms with Crippen molar-refractivity contribution in [3.8, 4) is 17.1 Å². The van der Waals surface area contributed by atoms with Gasteiger partial charge in [0.15, 0.2) is 5.84 Å². The molecule has 0 saturated carbocycles. The van der Waals surface area contributed by atoms with Gasteiger partial charge in [0, 0.05) is 28.4 Å². The lowest BCUT2D eigenvalue weighted by Gasteiger charge is -2.34. The van der Waals surface area contributed by atoms with Gasteiger partial charge in [-0.1, -0.05) is 0 Å². The van der Waals surface area contributed by atoms with E-state index in [2.05, 4.69) is 66.5 Å². The number of imidazole rings is 1. The minimum Gasteiger partial charge on any atom is -0.491 e. The minimum absolute atomic E-state index is 0.197. The van der Waals surface area contributed by atoms with Crippen LogP contribution in [0.3, 0.4) is 0 Å². The third-order valence-corrected chi connectivity index (χ3v) is 7.83. The predicted octanol–water partition coefficient (Wildman–Crippen LogP) is 4.96. The molecule has 1 aromatic carbocycles. The van der Waals surface area contributed by atoms with Gasteiger partial charge >= 0.3 is 0 Å². The van der Waals surface area contributed by atoms with E-state index < -0.39 is 0 Å². The van der Waals surface area contributed by atoms with E-state index in [0.717, 1.165) is 29.4 Å². The number of piperidine rings is 1. The van der Waals surface area contributed by atoms with Crippen LogP contribution < -0.4 is 10.1 Å². The number of fused-ring (bicyclic) bond motifs is 3. The second-order valence-corrected chi connectivity index (χ2v) is 11.2. The summed E-state index contributed by atoms with van der Waals surface area (Å²) in [6.45, 7) is 16.3. The molecular formula is C26H38N6OS. The molecule has 2 N–H and O–H groups in total. The van der Waals surface area contributed by atoms with E-state index >= 15 is 0 Å². The number of hydrogen-bond acceptors (Lipinski definition) is 5. The molecule has 2 aliphatic heterocycles. The number of amidine groups is 2. The summed E-state index contributed by atoms with van der Waals surface area (Å²) in [5.41, 5.74) is 3.06. The van der Waals surface area contributed by atoms with E-state index in [0.29, 0.717) is 23.7 Å². The molecule has 2 aliphatic rings. The number of hydrogen-bond donors (Lipinski definition) is 2. The number of aryl methyl sites for hydroxylation is 1. The van der Waals surface area contributed by atoms with Crippen LogP contribution in [0, 0.1) is 12.3 Å². The third-order valence-electron chi connectivity index (χ3n) is 6.33. The Bertz CT molecular complexity index is 1070. The fraction of sp³-hybridized carbons (Fsp3) is 0.577. The number of aromatic nitrogens is 2. The SMILES string of the molecule is CC(=N)/N=C(\NC(C)C)c1cn2c(n1)-c1cc(SC3CCN(C(C)C)CC3)c(C)cc1OCC2. The zero-order chi connectivity index (χ0) is 24.4. The number of rotatable bonds is 5. The molecule has 0 spiro atoms. The van der Waals surface area contributed by atoms with Crippen LogP contribution in [0.15, 0.2) is 28.2 Å². The van der Waals surface area contributed by atoms with Gasteiger partial charge in [-0.2, -0.15) is 0 Å². The number of thioether (sulfide) groups is 1. The molecule has 1 fully saturated rings. The lowest BCUT2D eigenvalue weighted by Crippen LogP contribution is -2.39. The van der Waals surface area contributed by atoms with E-state index in [1.54, 1.807) is 6.92 Å². The molecule has 0 unspecified atom stereocenters. The van der Waals surface area contributed by atoms with E-state index in [1.807, 2.05) is 18.0 Å². The first-order chi connectivity index (χ1) is 16.2. The molecule has 4 rings (SSSR count). The second kappa shape index (κ2) is 10.5. The molecule has 8 heteroatoms. The standard InChI is InChI=1S/C26H38N6OS/c1-16(2)28-25(29-19(6)27)22-15-32-11-12-33-23-13-18(5)24(14-21(23)26(32)30-22)34-20-7-9-31(10-8-20)17(3)4/h13-17,20H,7-12H2,1-6H3,(H2,27,28,29). The molecule has 0 amide bonds. The van der Waals surface area contributed by atoms with Crippen molar-refractivity contribution in [2.45, 2.75) is 83.2 Å². The summed E-state index contributed by atoms with van der Waals surface area (Å²) < 4.78 is 8.28. The van der Waals surface area contributed by atoms with E-state index in [4.69, 9.17) is 15.1 Å². The number of likely N-dealkylation sites (tertiary alicyclic amines) is 1. The molecule has 0 radical (unpaired) electrons. The quantitative estimate of drug-likeness (QED) is 0.465. The van der Waals surface area contributed by atoms with Crippen molar-refractivity contribution in [3.05, 3.63) is 29.6 Å². The first-order valence-electron chi connectivity index (χ1n) is 12.4. The Balaban J connectivity index is 1.64. The molecule has 184 valence electrons. The van der Waals surface area contributed by atoms with Gasteiger partial charge in [0.1, 0.15) is 29.7 Å². The van der Waals surface area contributed by atoms with Gasteiger partial charge in [0.2, 0.25) is 0 Å². The van der Waals surface area contributed by atoms with Crippen LogP contribution in [0.2, 0.25) is 0 Å². The maximum absolute atomic E-state index is 7.86. The van der Waals surface area contributed by atoms with Gasteiger partial charge in [-0.15, -0.1) is 11.8 Å². The van der Waals surface area contributed by atoms with Gasteiger partial charge in [-0.3, -0.25) is 5.41 Å². The Kier molecular flexibility index (Phi) is 7.67. The molecule has 2 aromatic rings. The highest BCUT2D eigenvalue weighted by Gasteiger charge is 2.25. The van der Waals surface area contributed by atoms with Gasteiger partial charge < -0.3 is 19.5 Å². The normalized spacial score (nSPS) is 17.4. The largest absolute Gasteiger partial charge is 0.491 e. The molecule has 3 heterocycles. The number of benzene rings is 1. The van der Waals surface area contributed by atoms with Gasteiger partial charge in [0.05, 0.1) is 12.1 Å². The predicted molar refractivity (Wildman–Crippen MR) is 142 cm³/mol. The van der Waals surface area contributed by atoms with Crippen LogP contribution in [-0.4, -0.2) is 63.2 Å². The first kappa shape index (κ1) is 24.8. The molecule has 0 atom stereocenters. The molecule has 7 nitrogen and oxygen atoms in total. The zero-order valence-corrected chi connectivity index (χ0v) is 22.1. The molecule has 0 aliphatic carbocycles. The van der Waals surface area contributed by atoms with Crippen molar-refractivity contribution in [1.29, 1.82) is 5.41 Å². The van der Waals surface area contributed by atoms with Crippen LogP contribution in [0.25, 0.3) is 11.4 Å². The van der Waals surface area contributed by atoms with Crippen LogP contribution in [0.4, 0.5) is 0 Å². The Morgan fingerprint density at radius 3 is 2.59 bits per heavy atom. The highest BCUT2D eigenvalue weighted by Crippen LogP contribution is 2.40. The van der Waals surface area contributed by atoms with Crippen molar-refractivity contribution in [2.75, 3.05) is 19.7 Å². The second-order valence-electron chi connectivity index (χ2n) is 9.90. The van der Waals surface area contributed by atoms with Crippen molar-refractivity contribution >= 4 is 23.4 Å². The van der Waals surface area contributed by atoms with Crippen LogP contribution in [-0.2, 0) is 6.54 Å². The zero-order valence-electron chi connectivity index (χ0n) is 21.3. The molecular weight excluding hydrogens is 444 g/mol. The Morgan fingerprint density at radius 2 is 1.94 bits per heavy atom. The summed E-state index contributed by atoms with van der Waals surface area (Å²) in [5, 5.41) is 11.8. The van der Waals surface area contributed by atoms with Crippen LogP contribution >= 0.6 is 11.8 Å². The summed E-state index contributed by atoms with van der Waals surface area (Å²) >= 11 is 2.01. The maximum Gasteiger partial charge on any atom is 0.155 e. The van der Waals surface area contributed by atoms with Gasteiger partial charge in [0.25, 0.3) is 0 Å². The molecule has 34 heavy (non-hydrogen) atoms. The summed E-state index contributed by atoms with van der Waals surface area (Å²) in [5.74, 6) is 2.70. The lowest BCUT2D eigenvalue weighted by atomic mass is 10.1. The van der Waals surface area contributed by atoms with Crippen molar-refractivity contribution < 1.29 is 4.74 Å². The average Bonchev–Trinajstić information content (AvgIpc) is 3.12. The highest BCUT2D eigenvalue weighted by molar-refractivity contribution is 8.00. The number of nitrogens with one attached hydrogen (secondary N) is 2. The summed E-state index contributed by atoms with van der Waals surface area (Å²) in [6, 6.07) is 5.27. The number of aliphatic imine (C=N–C) groups is 1. The molecule has 1 aromatic heterocycles. The van der Waals surface area contributed by atoms with Crippen LogP contribution in [0.1, 0.15) is 58.7 Å². The Hall–Kier alpha value is -2.32. The Labute approximate surface area is 207 Å². The molecule has 1 saturated heterocycles. The number of nitrogens with zero attached hydrogens (tertiary/aromatic N) is 4. The summed E-state index contributed by atoms with van der Waals surface area (Å²) in [6.07, 6.45) is 4.47. The fourth-order valence-electron chi connectivity index (χ4n) is 4.55. The smallest absolute Gasteiger partial charge is 0.155 e. The average molecular weight is 483 g/mol. The number of ether oxygens (including phenoxy) is 1. The lowest BCUT2D eigenvalue weighted by molar-refractivity contribution is 0.188. The maximum atomic E-state index is 7.86. The summed E-state index contributed by atoms with van der Waals surface area (Å²) in [7, 11) is 0.